The molecule has 7 nitrogen and oxygen atoms in total. The van der Waals surface area contributed by atoms with E-state index >= 15 is 0 Å². The van der Waals surface area contributed by atoms with E-state index in [1.54, 1.807) is 6.07 Å². The SMILES string of the molecule is O=C(c1cc(-c2ccccc2)n[nH]1)N1CCN(S(=O)(=O)c2ccc(Cl)c(C(F)(F)F)c2)CC1. The monoisotopic (exact) mass is 498 g/mol. The number of aromatic amines is 1. The number of amides is 1. The second-order valence-corrected chi connectivity index (χ2v) is 9.71. The van der Waals surface area contributed by atoms with Crippen molar-refractivity contribution in [3.63, 3.8) is 0 Å². The van der Waals surface area contributed by atoms with Gasteiger partial charge in [-0.3, -0.25) is 9.89 Å². The van der Waals surface area contributed by atoms with E-state index in [0.29, 0.717) is 11.8 Å². The van der Waals surface area contributed by atoms with Crippen LogP contribution in [0.3, 0.4) is 0 Å². The smallest absolute Gasteiger partial charge is 0.335 e. The molecule has 0 aliphatic carbocycles. The Morgan fingerprint density at radius 1 is 1.00 bits per heavy atom. The molecular weight excluding hydrogens is 481 g/mol. The van der Waals surface area contributed by atoms with Crippen LogP contribution in [-0.4, -0.2) is 59.9 Å². The number of benzene rings is 2. The lowest BCUT2D eigenvalue weighted by Gasteiger charge is -2.33. The molecule has 2 aromatic carbocycles. The summed E-state index contributed by atoms with van der Waals surface area (Å²) in [7, 11) is -4.19. The highest BCUT2D eigenvalue weighted by Crippen LogP contribution is 2.36. The Hall–Kier alpha value is -2.89. The molecule has 1 saturated heterocycles. The minimum atomic E-state index is -4.78. The molecule has 0 spiro atoms. The molecular formula is C21H18ClF3N4O3S. The van der Waals surface area contributed by atoms with Gasteiger partial charge in [0.2, 0.25) is 10.0 Å². The Labute approximate surface area is 192 Å². The molecule has 0 atom stereocenters. The summed E-state index contributed by atoms with van der Waals surface area (Å²) in [5.41, 5.74) is 0.485. The van der Waals surface area contributed by atoms with E-state index in [2.05, 4.69) is 10.2 Å². The molecule has 174 valence electrons. The van der Waals surface area contributed by atoms with Gasteiger partial charge in [0.25, 0.3) is 5.91 Å². The highest BCUT2D eigenvalue weighted by atomic mass is 35.5. The number of nitrogens with one attached hydrogen (secondary N) is 1. The number of sulfonamides is 1. The van der Waals surface area contributed by atoms with Crippen molar-refractivity contribution < 1.29 is 26.4 Å². The van der Waals surface area contributed by atoms with Gasteiger partial charge in [0, 0.05) is 31.7 Å². The Morgan fingerprint density at radius 2 is 1.67 bits per heavy atom. The van der Waals surface area contributed by atoms with E-state index in [0.717, 1.165) is 22.0 Å². The number of rotatable bonds is 4. The fourth-order valence-corrected chi connectivity index (χ4v) is 5.19. The first-order valence-corrected chi connectivity index (χ1v) is 11.7. The van der Waals surface area contributed by atoms with Crippen LogP contribution in [0.1, 0.15) is 16.1 Å². The number of nitrogens with zero attached hydrogens (tertiary/aromatic N) is 3. The molecule has 0 radical (unpaired) electrons. The fraction of sp³-hybridized carbons (Fsp3) is 0.238. The second-order valence-electron chi connectivity index (χ2n) is 7.37. The Kier molecular flexibility index (Phi) is 6.21. The van der Waals surface area contributed by atoms with Gasteiger partial charge in [-0.15, -0.1) is 0 Å². The lowest BCUT2D eigenvalue weighted by atomic mass is 10.1. The highest BCUT2D eigenvalue weighted by molar-refractivity contribution is 7.89. The van der Waals surface area contributed by atoms with Crippen molar-refractivity contribution in [1.82, 2.24) is 19.4 Å². The summed E-state index contributed by atoms with van der Waals surface area (Å²) in [5.74, 6) is -0.340. The third-order valence-corrected chi connectivity index (χ3v) is 7.51. The average Bonchev–Trinajstić information content (AvgIpc) is 3.29. The van der Waals surface area contributed by atoms with Crippen LogP contribution < -0.4 is 0 Å². The zero-order chi connectivity index (χ0) is 23.8. The first-order valence-electron chi connectivity index (χ1n) is 9.84. The molecule has 1 aliphatic rings. The summed E-state index contributed by atoms with van der Waals surface area (Å²) >= 11 is 5.59. The number of H-pyrrole nitrogens is 1. The molecule has 1 aliphatic heterocycles. The van der Waals surface area contributed by atoms with Crippen molar-refractivity contribution in [2.24, 2.45) is 0 Å². The molecule has 1 fully saturated rings. The molecule has 2 heterocycles. The van der Waals surface area contributed by atoms with Crippen molar-refractivity contribution in [3.05, 3.63) is 70.9 Å². The summed E-state index contributed by atoms with van der Waals surface area (Å²) < 4.78 is 66.2. The molecule has 12 heteroatoms. The highest BCUT2D eigenvalue weighted by Gasteiger charge is 2.36. The lowest BCUT2D eigenvalue weighted by Crippen LogP contribution is -2.50. The van der Waals surface area contributed by atoms with Crippen LogP contribution in [0.15, 0.2) is 59.5 Å². The van der Waals surface area contributed by atoms with Crippen LogP contribution in [0.2, 0.25) is 5.02 Å². The molecule has 1 N–H and O–H groups in total. The number of halogens is 4. The maximum absolute atomic E-state index is 13.1. The topological polar surface area (TPSA) is 86.4 Å². The number of piperazine rings is 1. The maximum Gasteiger partial charge on any atom is 0.417 e. The van der Waals surface area contributed by atoms with Crippen molar-refractivity contribution in [2.45, 2.75) is 11.1 Å². The van der Waals surface area contributed by atoms with E-state index < -0.39 is 31.7 Å². The summed E-state index contributed by atoms with van der Waals surface area (Å²) in [6.07, 6.45) is -4.78. The van der Waals surface area contributed by atoms with E-state index in [1.165, 1.54) is 4.90 Å². The molecule has 1 amide bonds. The molecule has 0 unspecified atom stereocenters. The number of alkyl halides is 3. The predicted molar refractivity (Wildman–Crippen MR) is 115 cm³/mol. The van der Waals surface area contributed by atoms with Crippen LogP contribution in [0, 0.1) is 0 Å². The van der Waals surface area contributed by atoms with Gasteiger partial charge in [-0.25, -0.2) is 8.42 Å². The van der Waals surface area contributed by atoms with Crippen molar-refractivity contribution in [1.29, 1.82) is 0 Å². The minimum absolute atomic E-state index is 0.0578. The molecule has 1 aromatic heterocycles. The van der Waals surface area contributed by atoms with Crippen molar-refractivity contribution in [3.8, 4) is 11.3 Å². The van der Waals surface area contributed by atoms with Gasteiger partial charge in [0.15, 0.2) is 0 Å². The average molecular weight is 499 g/mol. The Balaban J connectivity index is 1.46. The maximum atomic E-state index is 13.1. The number of hydrogen-bond acceptors (Lipinski definition) is 4. The normalized spacial score (nSPS) is 15.6. The quantitative estimate of drug-likeness (QED) is 0.591. The third kappa shape index (κ3) is 4.75. The second kappa shape index (κ2) is 8.81. The number of carbonyl (C=O) groups is 1. The molecule has 4 rings (SSSR count). The predicted octanol–water partition coefficient (Wildman–Crippen LogP) is 3.90. The summed E-state index contributed by atoms with van der Waals surface area (Å²) in [6.45, 7) is 0.0460. The van der Waals surface area contributed by atoms with Crippen LogP contribution in [-0.2, 0) is 16.2 Å². The zero-order valence-electron chi connectivity index (χ0n) is 17.0. The zero-order valence-corrected chi connectivity index (χ0v) is 18.6. The Morgan fingerprint density at radius 3 is 2.30 bits per heavy atom. The fourth-order valence-electron chi connectivity index (χ4n) is 3.52. The van der Waals surface area contributed by atoms with Gasteiger partial charge < -0.3 is 4.90 Å². The van der Waals surface area contributed by atoms with E-state index in [-0.39, 0.29) is 37.8 Å². The first-order chi connectivity index (χ1) is 15.6. The van der Waals surface area contributed by atoms with Gasteiger partial charge in [-0.2, -0.15) is 22.6 Å². The van der Waals surface area contributed by atoms with Gasteiger partial charge in [0.05, 0.1) is 21.2 Å². The number of hydrogen-bond donors (Lipinski definition) is 1. The van der Waals surface area contributed by atoms with Gasteiger partial charge in [0.1, 0.15) is 5.69 Å². The van der Waals surface area contributed by atoms with Gasteiger partial charge in [-0.1, -0.05) is 41.9 Å². The number of carbonyl (C=O) groups excluding carboxylic acids is 1. The summed E-state index contributed by atoms with van der Waals surface area (Å²) in [5, 5.41) is 6.27. The van der Waals surface area contributed by atoms with E-state index in [1.807, 2.05) is 30.3 Å². The Bertz CT molecular complexity index is 1270. The summed E-state index contributed by atoms with van der Waals surface area (Å²) in [4.78, 5) is 13.8. The minimum Gasteiger partial charge on any atom is -0.335 e. The van der Waals surface area contributed by atoms with Crippen molar-refractivity contribution in [2.75, 3.05) is 26.2 Å². The van der Waals surface area contributed by atoms with Crippen LogP contribution >= 0.6 is 11.6 Å². The number of aromatic nitrogens is 2. The standard InChI is InChI=1S/C21H18ClF3N4O3S/c22-17-7-6-15(12-16(17)21(23,24)25)33(31,32)29-10-8-28(9-11-29)20(30)19-13-18(26-27-19)14-4-2-1-3-5-14/h1-7,12-13H,8-11H2,(H,26,27). The largest absolute Gasteiger partial charge is 0.417 e. The van der Waals surface area contributed by atoms with Crippen LogP contribution in [0.4, 0.5) is 13.2 Å². The van der Waals surface area contributed by atoms with Crippen molar-refractivity contribution >= 4 is 27.5 Å². The molecule has 0 saturated carbocycles. The van der Waals surface area contributed by atoms with Gasteiger partial charge in [-0.05, 0) is 24.3 Å². The third-order valence-electron chi connectivity index (χ3n) is 5.28. The van der Waals surface area contributed by atoms with Crippen LogP contribution in [0.5, 0.6) is 0 Å². The summed E-state index contributed by atoms with van der Waals surface area (Å²) in [6, 6.07) is 13.4. The van der Waals surface area contributed by atoms with Crippen LogP contribution in [0.25, 0.3) is 11.3 Å². The molecule has 33 heavy (non-hydrogen) atoms. The van der Waals surface area contributed by atoms with E-state index in [4.69, 9.17) is 11.6 Å². The lowest BCUT2D eigenvalue weighted by molar-refractivity contribution is -0.137. The first kappa shape index (κ1) is 23.3. The molecule has 0 bridgehead atoms. The molecule has 3 aromatic rings. The van der Waals surface area contributed by atoms with E-state index in [9.17, 15) is 26.4 Å². The van der Waals surface area contributed by atoms with Gasteiger partial charge >= 0.3 is 6.18 Å².